The number of carbonyl (C=O) groups excluding carboxylic acids is 2. The van der Waals surface area contributed by atoms with Gasteiger partial charge in [0.1, 0.15) is 30.3 Å². The molecule has 0 unspecified atom stereocenters. The first-order chi connectivity index (χ1) is 17.1. The van der Waals surface area contributed by atoms with Crippen LogP contribution in [0.4, 0.5) is 0 Å². The predicted octanol–water partition coefficient (Wildman–Crippen LogP) is 4.49. The van der Waals surface area contributed by atoms with Gasteiger partial charge in [-0.3, -0.25) is 14.6 Å². The number of rotatable bonds is 7. The molecule has 188 valence electrons. The molecule has 3 aromatic rings. The molecule has 8 nitrogen and oxygen atoms in total. The smallest absolute Gasteiger partial charge is 0.351 e. The van der Waals surface area contributed by atoms with Crippen LogP contribution in [0.5, 0.6) is 5.75 Å². The van der Waals surface area contributed by atoms with Crippen LogP contribution in [-0.4, -0.2) is 22.5 Å². The Morgan fingerprint density at radius 3 is 2.56 bits per heavy atom. The summed E-state index contributed by atoms with van der Waals surface area (Å²) in [4.78, 5) is 42.9. The molecule has 36 heavy (non-hydrogen) atoms. The standard InChI is InChI=1S/C28H29NO7/c1-5-18-13-21(30)19-8-9-22(33-15-17-7-6-12-29-14-17)20(23(19)35-18)16-34-25(32)28-11-10-27(4,24(31)36-28)26(28,2)3/h6-9,12-14H,5,10-11,15-16H2,1-4H3/t27-,28+/m1/s1. The molecule has 2 fully saturated rings. The number of benzene rings is 1. The largest absolute Gasteiger partial charge is 0.488 e. The number of hydrogen-bond donors (Lipinski definition) is 0. The van der Waals surface area contributed by atoms with Gasteiger partial charge in [0.05, 0.1) is 16.4 Å². The Morgan fingerprint density at radius 1 is 1.11 bits per heavy atom. The fourth-order valence-electron chi connectivity index (χ4n) is 5.35. The van der Waals surface area contributed by atoms with Gasteiger partial charge in [-0.2, -0.15) is 0 Å². The maximum atomic E-state index is 13.5. The van der Waals surface area contributed by atoms with E-state index in [0.717, 1.165) is 5.56 Å². The lowest BCUT2D eigenvalue weighted by atomic mass is 9.66. The molecule has 2 atom stereocenters. The second-order valence-electron chi connectivity index (χ2n) is 10.2. The minimum atomic E-state index is -1.35. The van der Waals surface area contributed by atoms with Gasteiger partial charge in [-0.25, -0.2) is 4.79 Å². The van der Waals surface area contributed by atoms with E-state index in [2.05, 4.69) is 4.98 Å². The van der Waals surface area contributed by atoms with Crippen LogP contribution in [0.1, 0.15) is 57.4 Å². The van der Waals surface area contributed by atoms with Gasteiger partial charge in [0.25, 0.3) is 0 Å². The zero-order valence-corrected chi connectivity index (χ0v) is 20.9. The van der Waals surface area contributed by atoms with Crippen LogP contribution >= 0.6 is 0 Å². The maximum Gasteiger partial charge on any atom is 0.351 e. The maximum absolute atomic E-state index is 13.5. The number of hydrogen-bond acceptors (Lipinski definition) is 8. The normalized spacial score (nSPS) is 24.1. The van der Waals surface area contributed by atoms with Gasteiger partial charge in [0.2, 0.25) is 5.60 Å². The first kappa shape index (κ1) is 24.0. The topological polar surface area (TPSA) is 105 Å². The summed E-state index contributed by atoms with van der Waals surface area (Å²) >= 11 is 0. The lowest BCUT2D eigenvalue weighted by molar-refractivity contribution is -0.184. The van der Waals surface area contributed by atoms with Crippen molar-refractivity contribution in [3.63, 3.8) is 0 Å². The van der Waals surface area contributed by atoms with Crippen LogP contribution < -0.4 is 10.2 Å². The molecule has 1 saturated heterocycles. The Kier molecular flexibility index (Phi) is 5.65. The van der Waals surface area contributed by atoms with E-state index in [1.165, 1.54) is 6.07 Å². The number of nitrogens with zero attached hydrogens (tertiary/aromatic N) is 1. The van der Waals surface area contributed by atoms with E-state index in [1.54, 1.807) is 24.5 Å². The summed E-state index contributed by atoms with van der Waals surface area (Å²) in [5, 5.41) is 0.367. The fourth-order valence-corrected chi connectivity index (χ4v) is 5.35. The summed E-state index contributed by atoms with van der Waals surface area (Å²) in [6.45, 7) is 7.50. The first-order valence-electron chi connectivity index (χ1n) is 12.1. The first-order valence-corrected chi connectivity index (χ1v) is 12.1. The van der Waals surface area contributed by atoms with E-state index >= 15 is 0 Å². The van der Waals surface area contributed by atoms with Crippen molar-refractivity contribution in [1.82, 2.24) is 4.98 Å². The molecule has 2 aromatic heterocycles. The van der Waals surface area contributed by atoms with E-state index in [-0.39, 0.29) is 24.6 Å². The molecular weight excluding hydrogens is 462 g/mol. The summed E-state index contributed by atoms with van der Waals surface area (Å²) in [7, 11) is 0. The summed E-state index contributed by atoms with van der Waals surface area (Å²) in [6.07, 6.45) is 4.85. The van der Waals surface area contributed by atoms with Crippen LogP contribution in [0.15, 0.2) is 51.9 Å². The molecule has 3 heterocycles. The van der Waals surface area contributed by atoms with Crippen LogP contribution in [0.3, 0.4) is 0 Å². The van der Waals surface area contributed by atoms with E-state index in [1.807, 2.05) is 39.8 Å². The number of aromatic nitrogens is 1. The van der Waals surface area contributed by atoms with Crippen molar-refractivity contribution >= 4 is 22.9 Å². The summed E-state index contributed by atoms with van der Waals surface area (Å²) in [6, 6.07) is 8.49. The molecule has 0 N–H and O–H groups in total. The summed E-state index contributed by atoms with van der Waals surface area (Å²) < 4.78 is 23.6. The van der Waals surface area contributed by atoms with E-state index in [4.69, 9.17) is 18.6 Å². The molecule has 5 rings (SSSR count). The Hall–Kier alpha value is -3.68. The number of esters is 2. The number of pyridine rings is 1. The monoisotopic (exact) mass is 491 g/mol. The van der Waals surface area contributed by atoms with Crippen molar-refractivity contribution in [1.29, 1.82) is 0 Å². The van der Waals surface area contributed by atoms with Gasteiger partial charge in [0.15, 0.2) is 5.43 Å². The van der Waals surface area contributed by atoms with Gasteiger partial charge in [-0.05, 0) is 38.0 Å². The quantitative estimate of drug-likeness (QED) is 0.445. The molecule has 0 amide bonds. The van der Waals surface area contributed by atoms with Gasteiger partial charge in [-0.1, -0.05) is 26.8 Å². The molecule has 0 spiro atoms. The van der Waals surface area contributed by atoms with Gasteiger partial charge in [0, 0.05) is 35.9 Å². The number of aryl methyl sites for hydroxylation is 1. The highest BCUT2D eigenvalue weighted by atomic mass is 16.6. The van der Waals surface area contributed by atoms with Crippen LogP contribution in [0, 0.1) is 10.8 Å². The predicted molar refractivity (Wildman–Crippen MR) is 130 cm³/mol. The molecule has 1 aliphatic heterocycles. The molecular formula is C28H29NO7. The van der Waals surface area contributed by atoms with Crippen LogP contribution in [0.25, 0.3) is 11.0 Å². The third kappa shape index (κ3) is 3.42. The average molecular weight is 492 g/mol. The van der Waals surface area contributed by atoms with E-state index < -0.39 is 22.4 Å². The number of ether oxygens (including phenoxy) is 3. The zero-order valence-electron chi connectivity index (χ0n) is 20.9. The molecule has 8 heteroatoms. The number of fused-ring (bicyclic) bond motifs is 3. The third-order valence-corrected chi connectivity index (χ3v) is 8.23. The average Bonchev–Trinajstić information content (AvgIpc) is 3.17. The second-order valence-corrected chi connectivity index (χ2v) is 10.2. The van der Waals surface area contributed by atoms with Gasteiger partial charge < -0.3 is 18.6 Å². The van der Waals surface area contributed by atoms with Crippen molar-refractivity contribution in [3.8, 4) is 5.75 Å². The Balaban J connectivity index is 1.50. The molecule has 1 aromatic carbocycles. The third-order valence-electron chi connectivity index (χ3n) is 8.23. The molecule has 1 aliphatic carbocycles. The van der Waals surface area contributed by atoms with Crippen molar-refractivity contribution in [3.05, 3.63) is 69.8 Å². The highest BCUT2D eigenvalue weighted by molar-refractivity contribution is 5.93. The lowest BCUT2D eigenvalue weighted by Gasteiger charge is -2.34. The molecule has 2 bridgehead atoms. The Morgan fingerprint density at radius 2 is 1.92 bits per heavy atom. The fraction of sp³-hybridized carbons (Fsp3) is 0.429. The molecule has 2 aliphatic rings. The van der Waals surface area contributed by atoms with Crippen LogP contribution in [-0.2, 0) is 38.7 Å². The highest BCUT2D eigenvalue weighted by Gasteiger charge is 2.76. The molecule has 0 radical (unpaired) electrons. The number of carbonyl (C=O) groups is 2. The van der Waals surface area contributed by atoms with Crippen molar-refractivity contribution in [2.45, 2.75) is 65.8 Å². The van der Waals surface area contributed by atoms with Crippen molar-refractivity contribution in [2.75, 3.05) is 0 Å². The van der Waals surface area contributed by atoms with Gasteiger partial charge >= 0.3 is 11.9 Å². The minimum absolute atomic E-state index is 0.185. The molecule has 1 saturated carbocycles. The minimum Gasteiger partial charge on any atom is -0.488 e. The Labute approximate surface area is 208 Å². The Bertz CT molecular complexity index is 1410. The summed E-state index contributed by atoms with van der Waals surface area (Å²) in [5.74, 6) is -0.0429. The summed E-state index contributed by atoms with van der Waals surface area (Å²) in [5.41, 5.74) is -1.40. The lowest BCUT2D eigenvalue weighted by Crippen LogP contribution is -2.48. The van der Waals surface area contributed by atoms with Gasteiger partial charge in [-0.15, -0.1) is 0 Å². The highest BCUT2D eigenvalue weighted by Crippen LogP contribution is 2.65. The van der Waals surface area contributed by atoms with E-state index in [0.29, 0.717) is 47.3 Å². The van der Waals surface area contributed by atoms with E-state index in [9.17, 15) is 14.4 Å². The second kappa shape index (κ2) is 8.47. The van der Waals surface area contributed by atoms with Crippen LogP contribution in [0.2, 0.25) is 0 Å². The SMILES string of the molecule is CCc1cc(=O)c2ccc(OCc3cccnc3)c(COC(=O)[C@]34CC[C@](C)(C(=O)O3)C4(C)C)c2o1. The zero-order chi connectivity index (χ0) is 25.7. The van der Waals surface area contributed by atoms with Crippen molar-refractivity contribution in [2.24, 2.45) is 10.8 Å². The van der Waals surface area contributed by atoms with Crippen molar-refractivity contribution < 1.29 is 28.2 Å².